The van der Waals surface area contributed by atoms with Crippen molar-refractivity contribution in [2.45, 2.75) is 85.2 Å². The van der Waals surface area contributed by atoms with Gasteiger partial charge in [-0.15, -0.1) is 6.42 Å². The van der Waals surface area contributed by atoms with Crippen LogP contribution in [0.25, 0.3) is 0 Å². The third-order valence-corrected chi connectivity index (χ3v) is 10.3. The minimum Gasteiger partial charge on any atom is -0.431 e. The first-order valence-corrected chi connectivity index (χ1v) is 13.1. The van der Waals surface area contributed by atoms with Crippen molar-refractivity contribution in [3.8, 4) is 12.3 Å². The highest BCUT2D eigenvalue weighted by atomic mass is 16.7. The van der Waals surface area contributed by atoms with Gasteiger partial charge in [0.25, 0.3) is 0 Å². The summed E-state index contributed by atoms with van der Waals surface area (Å²) >= 11 is 0. The molecule has 5 heteroatoms. The molecule has 0 bridgehead atoms. The number of rotatable bonds is 6. The fourth-order valence-corrected chi connectivity index (χ4v) is 7.73. The molecule has 6 atom stereocenters. The number of Topliss-reactive ketones (excluding diaryl/α,β-unsaturated/α-hetero) is 1. The highest BCUT2D eigenvalue weighted by molar-refractivity contribution is 5.87. The maximum atomic E-state index is 12.6. The molecule has 5 nitrogen and oxygen atoms in total. The zero-order valence-corrected chi connectivity index (χ0v) is 21.0. The van der Waals surface area contributed by atoms with E-state index in [4.69, 9.17) is 15.9 Å². The van der Waals surface area contributed by atoms with Gasteiger partial charge in [0.15, 0.2) is 0 Å². The SMILES string of the molecule is C#CC[N+](CC)(CC)COC(=O)O[C@H]1CC[C@@]2(C)C(=CC[C@@H]3[C@@H]2CC[C@]2(C)C(=O)CC[C@@H]32)C1. The molecule has 182 valence electrons. The van der Waals surface area contributed by atoms with Gasteiger partial charge in [0.1, 0.15) is 18.4 Å². The summed E-state index contributed by atoms with van der Waals surface area (Å²) in [6.07, 6.45) is 15.1. The van der Waals surface area contributed by atoms with Crippen LogP contribution in [0.15, 0.2) is 11.6 Å². The van der Waals surface area contributed by atoms with Gasteiger partial charge in [-0.3, -0.25) is 9.28 Å². The number of carbonyl (C=O) groups excluding carboxylic acids is 2. The Labute approximate surface area is 199 Å². The Morgan fingerprint density at radius 3 is 2.55 bits per heavy atom. The molecule has 0 aromatic rings. The van der Waals surface area contributed by atoms with E-state index >= 15 is 0 Å². The number of allylic oxidation sites excluding steroid dienone is 1. The maximum absolute atomic E-state index is 12.6. The smallest absolute Gasteiger partial charge is 0.431 e. The second-order valence-electron chi connectivity index (χ2n) is 11.5. The summed E-state index contributed by atoms with van der Waals surface area (Å²) in [4.78, 5) is 25.1. The Morgan fingerprint density at radius 1 is 1.15 bits per heavy atom. The highest BCUT2D eigenvalue weighted by Gasteiger charge is 2.58. The number of carbonyl (C=O) groups is 2. The number of ketones is 1. The van der Waals surface area contributed by atoms with Gasteiger partial charge < -0.3 is 9.47 Å². The monoisotopic (exact) mass is 456 g/mol. The van der Waals surface area contributed by atoms with Gasteiger partial charge >= 0.3 is 6.16 Å². The molecule has 4 rings (SSSR count). The number of hydrogen-bond donors (Lipinski definition) is 0. The molecule has 0 spiro atoms. The number of hydrogen-bond acceptors (Lipinski definition) is 4. The zero-order valence-electron chi connectivity index (χ0n) is 21.0. The Bertz CT molecular complexity index is 852. The Morgan fingerprint density at radius 2 is 1.85 bits per heavy atom. The lowest BCUT2D eigenvalue weighted by Crippen LogP contribution is -2.51. The Kier molecular flexibility index (Phi) is 6.71. The molecule has 0 aliphatic heterocycles. The van der Waals surface area contributed by atoms with Crippen molar-refractivity contribution in [2.75, 3.05) is 26.4 Å². The Balaban J connectivity index is 1.38. The second-order valence-corrected chi connectivity index (χ2v) is 11.5. The average molecular weight is 457 g/mol. The quantitative estimate of drug-likeness (QED) is 0.174. The van der Waals surface area contributed by atoms with Crippen LogP contribution in [-0.4, -0.2) is 48.9 Å². The maximum Gasteiger partial charge on any atom is 0.512 e. The number of ether oxygens (including phenoxy) is 2. The lowest BCUT2D eigenvalue weighted by Gasteiger charge is -2.56. The normalized spacial score (nSPS) is 37.8. The van der Waals surface area contributed by atoms with E-state index in [1.165, 1.54) is 5.57 Å². The lowest BCUT2D eigenvalue weighted by molar-refractivity contribution is -0.934. The van der Waals surface area contributed by atoms with Crippen molar-refractivity contribution in [2.24, 2.45) is 28.6 Å². The van der Waals surface area contributed by atoms with E-state index in [2.05, 4.69) is 39.7 Å². The molecule has 0 aromatic carbocycles. The molecule has 0 N–H and O–H groups in total. The van der Waals surface area contributed by atoms with Gasteiger partial charge in [-0.2, -0.15) is 0 Å². The summed E-state index contributed by atoms with van der Waals surface area (Å²) in [7, 11) is 0. The van der Waals surface area contributed by atoms with E-state index in [9.17, 15) is 9.59 Å². The van der Waals surface area contributed by atoms with Gasteiger partial charge in [0.2, 0.25) is 6.73 Å². The number of terminal acetylenes is 1. The molecule has 0 aromatic heterocycles. The Hall–Kier alpha value is -1.80. The van der Waals surface area contributed by atoms with E-state index in [1.807, 2.05) is 0 Å². The molecule has 33 heavy (non-hydrogen) atoms. The summed E-state index contributed by atoms with van der Waals surface area (Å²) < 4.78 is 11.9. The molecule has 3 fully saturated rings. The predicted molar refractivity (Wildman–Crippen MR) is 128 cm³/mol. The third kappa shape index (κ3) is 4.14. The summed E-state index contributed by atoms with van der Waals surface area (Å²) in [5.41, 5.74) is 1.54. The molecule has 4 aliphatic carbocycles. The van der Waals surface area contributed by atoms with Crippen LogP contribution in [0, 0.1) is 40.9 Å². The summed E-state index contributed by atoms with van der Waals surface area (Å²) in [5, 5.41) is 0. The average Bonchev–Trinajstić information content (AvgIpc) is 3.11. The largest absolute Gasteiger partial charge is 0.512 e. The number of fused-ring (bicyclic) bond motifs is 5. The van der Waals surface area contributed by atoms with Gasteiger partial charge in [-0.05, 0) is 81.5 Å². The van der Waals surface area contributed by atoms with E-state index in [1.54, 1.807) is 0 Å². The van der Waals surface area contributed by atoms with Crippen LogP contribution in [0.2, 0.25) is 0 Å². The third-order valence-electron chi connectivity index (χ3n) is 10.3. The van der Waals surface area contributed by atoms with Crippen LogP contribution in [0.4, 0.5) is 4.79 Å². The van der Waals surface area contributed by atoms with Crippen LogP contribution in [0.3, 0.4) is 0 Å². The fraction of sp³-hybridized carbons (Fsp3) is 0.786. The van der Waals surface area contributed by atoms with Crippen LogP contribution in [-0.2, 0) is 14.3 Å². The van der Waals surface area contributed by atoms with Crippen LogP contribution in [0.5, 0.6) is 0 Å². The molecule has 3 saturated carbocycles. The summed E-state index contributed by atoms with van der Waals surface area (Å²) in [5.74, 6) is 5.01. The van der Waals surface area contributed by atoms with Gasteiger partial charge in [0.05, 0.1) is 13.1 Å². The van der Waals surface area contributed by atoms with Crippen molar-refractivity contribution in [3.05, 3.63) is 11.6 Å². The molecule has 0 heterocycles. The minimum absolute atomic E-state index is 0.0862. The molecule has 4 aliphatic rings. The summed E-state index contributed by atoms with van der Waals surface area (Å²) in [6.45, 7) is 11.2. The summed E-state index contributed by atoms with van der Waals surface area (Å²) in [6, 6.07) is 0. The number of nitrogens with zero attached hydrogens (tertiary/aromatic N) is 1. The molecule has 0 amide bonds. The molecule has 0 unspecified atom stereocenters. The molecule has 0 radical (unpaired) electrons. The molecular weight excluding hydrogens is 414 g/mol. The highest BCUT2D eigenvalue weighted by Crippen LogP contribution is 2.64. The van der Waals surface area contributed by atoms with Crippen molar-refractivity contribution in [1.82, 2.24) is 0 Å². The van der Waals surface area contributed by atoms with E-state index in [-0.39, 0.29) is 23.7 Å². The first-order chi connectivity index (χ1) is 15.7. The van der Waals surface area contributed by atoms with Crippen molar-refractivity contribution >= 4 is 11.9 Å². The van der Waals surface area contributed by atoms with E-state index in [0.29, 0.717) is 34.6 Å². The number of quaternary nitrogens is 1. The molecule has 0 saturated heterocycles. The lowest BCUT2D eigenvalue weighted by atomic mass is 9.48. The fourth-order valence-electron chi connectivity index (χ4n) is 7.73. The van der Waals surface area contributed by atoms with Crippen LogP contribution >= 0.6 is 0 Å². The van der Waals surface area contributed by atoms with Gasteiger partial charge in [0, 0.05) is 18.3 Å². The second kappa shape index (κ2) is 9.10. The van der Waals surface area contributed by atoms with Crippen molar-refractivity contribution < 1.29 is 23.5 Å². The topological polar surface area (TPSA) is 52.6 Å². The van der Waals surface area contributed by atoms with E-state index in [0.717, 1.165) is 64.5 Å². The van der Waals surface area contributed by atoms with Gasteiger partial charge in [-0.1, -0.05) is 25.5 Å². The standard InChI is InChI=1S/C28H42NO4/c1-6-17-29(7-2,8-3)19-32-26(31)33-21-13-15-27(4)20(18-21)9-10-22-23-11-12-25(30)28(23,5)16-14-24(22)27/h1,9,21-24H,7-8,10-19H2,2-5H3/q+1/t21-,22-,23-,24-,27-,28-/m0/s1. The zero-order chi connectivity index (χ0) is 23.9. The molecular formula is C28H42NO4+. The van der Waals surface area contributed by atoms with Crippen molar-refractivity contribution in [1.29, 1.82) is 0 Å². The van der Waals surface area contributed by atoms with Crippen LogP contribution < -0.4 is 0 Å². The van der Waals surface area contributed by atoms with Crippen molar-refractivity contribution in [3.63, 3.8) is 0 Å². The van der Waals surface area contributed by atoms with Gasteiger partial charge in [-0.25, -0.2) is 4.79 Å². The van der Waals surface area contributed by atoms with Crippen LogP contribution in [0.1, 0.15) is 79.1 Å². The predicted octanol–water partition coefficient (Wildman–Crippen LogP) is 5.49. The minimum atomic E-state index is -0.572. The van der Waals surface area contributed by atoms with E-state index < -0.39 is 6.16 Å². The first-order valence-electron chi connectivity index (χ1n) is 13.1. The first kappa shape index (κ1) is 24.3.